The van der Waals surface area contributed by atoms with Gasteiger partial charge in [0.2, 0.25) is 0 Å². The first-order valence-corrected chi connectivity index (χ1v) is 24.0. The Bertz CT molecular complexity index is 2580. The molecule has 0 saturated heterocycles. The SMILES string of the molecule is C#CCOc1c2cc(C)cc1Cc1cc(C)cc(c1OCC#C)Cc1cc(C)cc(c1OCC#C)Cc1cc(C)cc(c1OCC#C)Cc1cc(C)cc(c1OCC#C)Cc1cc(C)cc(c1OCC#C)C2. The lowest BCUT2D eigenvalue weighted by Gasteiger charge is -2.23. The molecule has 0 spiro atoms. The third-order valence-corrected chi connectivity index (χ3v) is 12.4. The van der Waals surface area contributed by atoms with Crippen molar-refractivity contribution in [3.8, 4) is 109 Å². The normalized spacial score (nSPS) is 11.7. The number of ether oxygens (including phenoxy) is 6. The summed E-state index contributed by atoms with van der Waals surface area (Å²) in [7, 11) is 0. The van der Waals surface area contributed by atoms with Gasteiger partial charge in [0.1, 0.15) is 74.1 Å². The predicted octanol–water partition coefficient (Wildman–Crippen LogP) is 11.5. The summed E-state index contributed by atoms with van der Waals surface area (Å²) in [5.41, 5.74) is 17.6. The lowest BCUT2D eigenvalue weighted by molar-refractivity contribution is 0.354. The van der Waals surface area contributed by atoms with Crippen LogP contribution in [0.2, 0.25) is 0 Å². The Balaban J connectivity index is 1.56. The molecule has 6 heteroatoms. The Labute approximate surface area is 427 Å². The highest BCUT2D eigenvalue weighted by Crippen LogP contribution is 2.42. The first-order valence-electron chi connectivity index (χ1n) is 24.0. The monoisotopic (exact) mass is 948 g/mol. The topological polar surface area (TPSA) is 55.4 Å². The van der Waals surface area contributed by atoms with E-state index in [1.165, 1.54) is 0 Å². The Morgan fingerprint density at radius 3 is 0.458 bits per heavy atom. The molecule has 0 atom stereocenters. The van der Waals surface area contributed by atoms with E-state index in [9.17, 15) is 0 Å². The fourth-order valence-electron chi connectivity index (χ4n) is 10.2. The van der Waals surface area contributed by atoms with Crippen LogP contribution in [0.1, 0.15) is 100 Å². The average molecular weight is 949 g/mol. The highest BCUT2D eigenvalue weighted by atomic mass is 16.5. The van der Waals surface area contributed by atoms with E-state index in [1.54, 1.807) is 0 Å². The van der Waals surface area contributed by atoms with Crippen LogP contribution >= 0.6 is 0 Å². The predicted molar refractivity (Wildman–Crippen MR) is 290 cm³/mol. The number of benzene rings is 6. The van der Waals surface area contributed by atoms with Gasteiger partial charge in [-0.1, -0.05) is 142 Å². The minimum Gasteiger partial charge on any atom is -0.480 e. The maximum atomic E-state index is 6.56. The third-order valence-electron chi connectivity index (χ3n) is 12.4. The zero-order valence-corrected chi connectivity index (χ0v) is 42.3. The van der Waals surface area contributed by atoms with Gasteiger partial charge in [0.05, 0.1) is 0 Å². The summed E-state index contributed by atoms with van der Waals surface area (Å²) < 4.78 is 39.4. The van der Waals surface area contributed by atoms with Gasteiger partial charge >= 0.3 is 0 Å². The number of terminal acetylenes is 6. The summed E-state index contributed by atoms with van der Waals surface area (Å²) in [6, 6.07) is 25.8. The van der Waals surface area contributed by atoms with Gasteiger partial charge in [-0.25, -0.2) is 0 Å². The Morgan fingerprint density at radius 1 is 0.250 bits per heavy atom. The maximum Gasteiger partial charge on any atom is 0.148 e. The molecule has 0 saturated carbocycles. The minimum atomic E-state index is 0.0645. The van der Waals surface area contributed by atoms with Gasteiger partial charge < -0.3 is 28.4 Å². The van der Waals surface area contributed by atoms with Crippen LogP contribution in [0.4, 0.5) is 0 Å². The molecule has 360 valence electrons. The van der Waals surface area contributed by atoms with Gasteiger partial charge in [-0.2, -0.15) is 0 Å². The van der Waals surface area contributed by atoms with E-state index in [0.717, 1.165) is 100 Å². The fourth-order valence-corrected chi connectivity index (χ4v) is 10.2. The smallest absolute Gasteiger partial charge is 0.148 e. The molecule has 1 aliphatic carbocycles. The molecule has 6 nitrogen and oxygen atoms in total. The van der Waals surface area contributed by atoms with Crippen LogP contribution in [0, 0.1) is 116 Å². The molecule has 12 bridgehead atoms. The van der Waals surface area contributed by atoms with Crippen LogP contribution in [0.5, 0.6) is 34.5 Å². The van der Waals surface area contributed by atoms with E-state index in [2.05, 4.69) is 150 Å². The molecule has 7 rings (SSSR count). The van der Waals surface area contributed by atoms with Crippen LogP contribution < -0.4 is 28.4 Å². The van der Waals surface area contributed by atoms with Crippen molar-refractivity contribution in [1.29, 1.82) is 0 Å². The molecular weight excluding hydrogens is 889 g/mol. The molecule has 6 aromatic carbocycles. The molecule has 6 aromatic rings. The Hall–Kier alpha value is -8.52. The second kappa shape index (κ2) is 23.9. The van der Waals surface area contributed by atoms with Gasteiger partial charge in [0.15, 0.2) is 0 Å². The molecule has 0 N–H and O–H groups in total. The maximum absolute atomic E-state index is 6.56. The van der Waals surface area contributed by atoms with E-state index in [4.69, 9.17) is 67.0 Å². The molecule has 0 unspecified atom stereocenters. The van der Waals surface area contributed by atoms with Gasteiger partial charge in [-0.15, -0.1) is 38.5 Å². The molecule has 0 radical (unpaired) electrons. The fraction of sp³-hybridized carbons (Fsp3) is 0.273. The van der Waals surface area contributed by atoms with E-state index in [1.807, 2.05) is 0 Å². The van der Waals surface area contributed by atoms with Gasteiger partial charge in [-0.3, -0.25) is 0 Å². The summed E-state index contributed by atoms with van der Waals surface area (Å²) in [5.74, 6) is 20.3. The standard InChI is InChI=1S/C66H60O6/c1-13-19-67-61-49-25-43(7)26-50(61)38-52-28-45(9)30-54(63(52)69-21-15-3)40-56-32-47(11)34-58(65(56)71-23-17-5)42-60-36-48(12)35-59(66(60)72-24-18-6)41-57-33-46(10)31-55(64(57)70-22-16-4)39-53-29-44(8)27-51(37-49)62(53)68-20-14-2/h1-6,25-36H,19-24,37-42H2,7-12H3. The van der Waals surface area contributed by atoms with Crippen molar-refractivity contribution in [2.75, 3.05) is 39.6 Å². The van der Waals surface area contributed by atoms with Crippen molar-refractivity contribution < 1.29 is 28.4 Å². The molecule has 0 aliphatic heterocycles. The van der Waals surface area contributed by atoms with E-state index in [-0.39, 0.29) is 39.6 Å². The van der Waals surface area contributed by atoms with Crippen molar-refractivity contribution >= 4 is 0 Å². The second-order valence-corrected chi connectivity index (χ2v) is 18.5. The van der Waals surface area contributed by atoms with Crippen LogP contribution in [-0.4, -0.2) is 39.6 Å². The molecule has 1 aliphatic rings. The van der Waals surface area contributed by atoms with Crippen LogP contribution in [0.15, 0.2) is 72.8 Å². The summed E-state index contributed by atoms with van der Waals surface area (Å²) in [6.07, 6.45) is 38.1. The van der Waals surface area contributed by atoms with E-state index >= 15 is 0 Å². The van der Waals surface area contributed by atoms with Crippen LogP contribution in [-0.2, 0) is 38.5 Å². The van der Waals surface area contributed by atoms with Gasteiger partial charge in [0, 0.05) is 38.5 Å². The Morgan fingerprint density at radius 2 is 0.361 bits per heavy atom. The molecule has 0 amide bonds. The number of rotatable bonds is 12. The minimum absolute atomic E-state index is 0.0645. The van der Waals surface area contributed by atoms with Gasteiger partial charge in [0.25, 0.3) is 0 Å². The number of fused-ring (bicyclic) bond motifs is 12. The van der Waals surface area contributed by atoms with E-state index in [0.29, 0.717) is 73.0 Å². The number of hydrogen-bond acceptors (Lipinski definition) is 6. The van der Waals surface area contributed by atoms with Crippen molar-refractivity contribution in [2.45, 2.75) is 80.1 Å². The number of aryl methyl sites for hydroxylation is 6. The molecule has 0 aromatic heterocycles. The lowest BCUT2D eigenvalue weighted by Crippen LogP contribution is -2.10. The van der Waals surface area contributed by atoms with Crippen LogP contribution in [0.25, 0.3) is 0 Å². The average Bonchev–Trinajstić information content (AvgIpc) is 3.32. The number of hydrogen-bond donors (Lipinski definition) is 0. The second-order valence-electron chi connectivity index (χ2n) is 18.5. The largest absolute Gasteiger partial charge is 0.480 e. The lowest BCUT2D eigenvalue weighted by atomic mass is 9.88. The summed E-state index contributed by atoms with van der Waals surface area (Å²) in [6.45, 7) is 12.9. The molecule has 72 heavy (non-hydrogen) atoms. The zero-order valence-electron chi connectivity index (χ0n) is 42.3. The highest BCUT2D eigenvalue weighted by molar-refractivity contribution is 5.60. The Kier molecular flexibility index (Phi) is 17.0. The summed E-state index contributed by atoms with van der Waals surface area (Å²) in [5, 5.41) is 0. The molecule has 0 heterocycles. The summed E-state index contributed by atoms with van der Waals surface area (Å²) >= 11 is 0. The van der Waals surface area contributed by atoms with Crippen molar-refractivity contribution in [2.24, 2.45) is 0 Å². The first kappa shape index (κ1) is 51.3. The molecular formula is C66H60O6. The molecule has 0 fully saturated rings. The quantitative estimate of drug-likeness (QED) is 0.114. The first-order chi connectivity index (χ1) is 34.9. The van der Waals surface area contributed by atoms with Crippen molar-refractivity contribution in [3.05, 3.63) is 173 Å². The van der Waals surface area contributed by atoms with Crippen molar-refractivity contribution in [1.82, 2.24) is 0 Å². The van der Waals surface area contributed by atoms with Crippen LogP contribution in [0.3, 0.4) is 0 Å². The highest BCUT2D eigenvalue weighted by Gasteiger charge is 2.25. The van der Waals surface area contributed by atoms with E-state index < -0.39 is 0 Å². The zero-order chi connectivity index (χ0) is 51.3. The third kappa shape index (κ3) is 12.3. The summed E-state index contributed by atoms with van der Waals surface area (Å²) in [4.78, 5) is 0. The van der Waals surface area contributed by atoms with Gasteiger partial charge in [-0.05, 0) is 108 Å². The van der Waals surface area contributed by atoms with Crippen molar-refractivity contribution in [3.63, 3.8) is 0 Å².